The molecule has 0 spiro atoms. The first kappa shape index (κ1) is 22.0. The lowest BCUT2D eigenvalue weighted by Gasteiger charge is -2.34. The monoisotopic (exact) mass is 435 g/mol. The van der Waals surface area contributed by atoms with E-state index in [0.717, 1.165) is 12.1 Å². The molecule has 8 heteroatoms. The number of benzene rings is 2. The standard InChI is InChI=1S/C22H20F3NO3S/c23-22(24,25)17-10-12-20(13-11-17)30(28,29)21(15-26,16-6-2-1-3-7-16)18-8-4-5-9-19(27)14-18/h1-3,6-7,10-13,18H,4-5,8-9,14H2/t18-,21+/m0/s1. The van der Waals surface area contributed by atoms with Crippen LogP contribution in [0.4, 0.5) is 13.2 Å². The van der Waals surface area contributed by atoms with Crippen LogP contribution in [0.1, 0.15) is 43.2 Å². The molecule has 0 aromatic heterocycles. The molecular weight excluding hydrogens is 415 g/mol. The van der Waals surface area contributed by atoms with Crippen molar-refractivity contribution in [2.75, 3.05) is 0 Å². The molecule has 158 valence electrons. The zero-order valence-corrected chi connectivity index (χ0v) is 16.8. The molecule has 2 aromatic carbocycles. The predicted molar refractivity (Wildman–Crippen MR) is 104 cm³/mol. The molecule has 4 nitrogen and oxygen atoms in total. The van der Waals surface area contributed by atoms with E-state index in [4.69, 9.17) is 0 Å². The molecule has 30 heavy (non-hydrogen) atoms. The van der Waals surface area contributed by atoms with Gasteiger partial charge in [-0.2, -0.15) is 18.4 Å². The third-order valence-electron chi connectivity index (χ3n) is 5.59. The average Bonchev–Trinajstić information content (AvgIpc) is 2.94. The van der Waals surface area contributed by atoms with Crippen LogP contribution in [0.2, 0.25) is 0 Å². The summed E-state index contributed by atoms with van der Waals surface area (Å²) in [6.45, 7) is 0. The Morgan fingerprint density at radius 1 is 0.933 bits per heavy atom. The second-order valence-corrected chi connectivity index (χ2v) is 9.55. The van der Waals surface area contributed by atoms with Crippen molar-refractivity contribution in [3.8, 4) is 6.07 Å². The van der Waals surface area contributed by atoms with Crippen LogP contribution in [0.15, 0.2) is 59.5 Å². The van der Waals surface area contributed by atoms with E-state index >= 15 is 0 Å². The maximum Gasteiger partial charge on any atom is 0.416 e. The highest BCUT2D eigenvalue weighted by Gasteiger charge is 2.53. The summed E-state index contributed by atoms with van der Waals surface area (Å²) < 4.78 is 64.2. The van der Waals surface area contributed by atoms with Crippen LogP contribution in [-0.2, 0) is 25.6 Å². The molecule has 0 saturated heterocycles. The van der Waals surface area contributed by atoms with Gasteiger partial charge >= 0.3 is 6.18 Å². The number of alkyl halides is 3. The van der Waals surface area contributed by atoms with Gasteiger partial charge in [0.2, 0.25) is 9.84 Å². The van der Waals surface area contributed by atoms with Crippen LogP contribution >= 0.6 is 0 Å². The highest BCUT2D eigenvalue weighted by molar-refractivity contribution is 7.92. The predicted octanol–water partition coefficient (Wildman–Crippen LogP) is 5.05. The van der Waals surface area contributed by atoms with Gasteiger partial charge in [0, 0.05) is 18.8 Å². The van der Waals surface area contributed by atoms with Gasteiger partial charge in [-0.05, 0) is 42.7 Å². The fourth-order valence-electron chi connectivity index (χ4n) is 4.06. The number of carbonyl (C=O) groups is 1. The molecule has 2 atom stereocenters. The Kier molecular flexibility index (Phi) is 6.04. The van der Waals surface area contributed by atoms with Crippen LogP contribution in [-0.4, -0.2) is 14.2 Å². The number of Topliss-reactive ketones (excluding diaryl/α,β-unsaturated/α-hetero) is 1. The number of carbonyl (C=O) groups excluding carboxylic acids is 1. The average molecular weight is 435 g/mol. The van der Waals surface area contributed by atoms with Gasteiger partial charge in [-0.3, -0.25) is 4.79 Å². The Morgan fingerprint density at radius 3 is 2.13 bits per heavy atom. The lowest BCUT2D eigenvalue weighted by Crippen LogP contribution is -2.42. The fraction of sp³-hybridized carbons (Fsp3) is 0.364. The Balaban J connectivity index is 2.21. The van der Waals surface area contributed by atoms with E-state index in [1.54, 1.807) is 18.2 Å². The van der Waals surface area contributed by atoms with Crippen molar-refractivity contribution in [1.29, 1.82) is 5.26 Å². The van der Waals surface area contributed by atoms with Crippen molar-refractivity contribution in [2.45, 2.75) is 47.9 Å². The minimum atomic E-state index is -4.61. The first-order valence-corrected chi connectivity index (χ1v) is 11.0. The number of ketones is 1. The second kappa shape index (κ2) is 8.23. The van der Waals surface area contributed by atoms with E-state index in [1.807, 2.05) is 6.07 Å². The molecule has 2 aromatic rings. The zero-order chi connectivity index (χ0) is 22.0. The molecule has 3 rings (SSSR count). The number of halogens is 3. The van der Waals surface area contributed by atoms with Crippen LogP contribution in [0.25, 0.3) is 0 Å². The number of nitrogens with zero attached hydrogens (tertiary/aromatic N) is 1. The molecule has 1 aliphatic carbocycles. The number of rotatable bonds is 4. The van der Waals surface area contributed by atoms with Gasteiger partial charge in [0.15, 0.2) is 4.75 Å². The smallest absolute Gasteiger partial charge is 0.300 e. The van der Waals surface area contributed by atoms with Gasteiger partial charge < -0.3 is 0 Å². The maximum absolute atomic E-state index is 13.7. The van der Waals surface area contributed by atoms with Crippen LogP contribution in [0.3, 0.4) is 0 Å². The van der Waals surface area contributed by atoms with Crippen LogP contribution in [0, 0.1) is 17.2 Å². The minimum absolute atomic E-state index is 0.0671. The quantitative estimate of drug-likeness (QED) is 0.630. The highest BCUT2D eigenvalue weighted by Crippen LogP contribution is 2.46. The van der Waals surface area contributed by atoms with Crippen molar-refractivity contribution >= 4 is 15.6 Å². The van der Waals surface area contributed by atoms with Crippen molar-refractivity contribution in [2.24, 2.45) is 5.92 Å². The summed E-state index contributed by atoms with van der Waals surface area (Å²) in [5, 5.41) is 10.2. The highest BCUT2D eigenvalue weighted by atomic mass is 32.2. The van der Waals surface area contributed by atoms with E-state index in [-0.39, 0.29) is 22.7 Å². The Labute approximate surface area is 173 Å². The van der Waals surface area contributed by atoms with Gasteiger partial charge in [-0.15, -0.1) is 0 Å². The van der Waals surface area contributed by atoms with Crippen LogP contribution < -0.4 is 0 Å². The largest absolute Gasteiger partial charge is 0.416 e. The number of hydrogen-bond acceptors (Lipinski definition) is 4. The Hall–Kier alpha value is -2.66. The Morgan fingerprint density at radius 2 is 1.57 bits per heavy atom. The molecule has 0 radical (unpaired) electrons. The van der Waals surface area contributed by atoms with Crippen molar-refractivity contribution in [3.63, 3.8) is 0 Å². The lowest BCUT2D eigenvalue weighted by molar-refractivity contribution is -0.137. The molecule has 0 bridgehead atoms. The summed E-state index contributed by atoms with van der Waals surface area (Å²) in [4.78, 5) is 11.9. The van der Waals surface area contributed by atoms with Crippen molar-refractivity contribution in [1.82, 2.24) is 0 Å². The van der Waals surface area contributed by atoms with Gasteiger partial charge in [-0.25, -0.2) is 8.42 Å². The van der Waals surface area contributed by atoms with Gasteiger partial charge in [0.05, 0.1) is 16.5 Å². The van der Waals surface area contributed by atoms with E-state index in [9.17, 15) is 31.6 Å². The van der Waals surface area contributed by atoms with E-state index in [1.165, 1.54) is 12.1 Å². The molecule has 0 amide bonds. The number of hydrogen-bond donors (Lipinski definition) is 0. The molecule has 1 aliphatic rings. The first-order chi connectivity index (χ1) is 14.1. The van der Waals surface area contributed by atoms with E-state index < -0.39 is 32.2 Å². The molecule has 0 heterocycles. The van der Waals surface area contributed by atoms with E-state index in [2.05, 4.69) is 0 Å². The van der Waals surface area contributed by atoms with Gasteiger partial charge in [0.1, 0.15) is 5.78 Å². The third-order valence-corrected chi connectivity index (χ3v) is 7.99. The number of sulfone groups is 1. The minimum Gasteiger partial charge on any atom is -0.300 e. The summed E-state index contributed by atoms with van der Waals surface area (Å²) in [6.07, 6.45) is -2.79. The van der Waals surface area contributed by atoms with Gasteiger partial charge in [0.25, 0.3) is 0 Å². The zero-order valence-electron chi connectivity index (χ0n) is 16.0. The number of nitriles is 1. The molecule has 0 unspecified atom stereocenters. The van der Waals surface area contributed by atoms with E-state index in [0.29, 0.717) is 37.8 Å². The summed E-state index contributed by atoms with van der Waals surface area (Å²) in [6, 6.07) is 13.0. The van der Waals surface area contributed by atoms with Crippen molar-refractivity contribution in [3.05, 3.63) is 65.7 Å². The third kappa shape index (κ3) is 3.86. The SMILES string of the molecule is N#C[C@@](c1ccccc1)([C@H]1CCCCC(=O)C1)S(=O)(=O)c1ccc(C(F)(F)F)cc1. The summed E-state index contributed by atoms with van der Waals surface area (Å²) in [5.74, 6) is -0.914. The molecular formula is C22H20F3NO3S. The normalized spacial score (nSPS) is 20.1. The topological polar surface area (TPSA) is 75.0 Å². The first-order valence-electron chi connectivity index (χ1n) is 9.53. The van der Waals surface area contributed by atoms with Gasteiger partial charge in [-0.1, -0.05) is 36.8 Å². The molecule has 0 aliphatic heterocycles. The Bertz CT molecular complexity index is 1060. The lowest BCUT2D eigenvalue weighted by atomic mass is 9.81. The maximum atomic E-state index is 13.7. The summed E-state index contributed by atoms with van der Waals surface area (Å²) in [7, 11) is -4.45. The molecule has 1 saturated carbocycles. The fourth-order valence-corrected chi connectivity index (χ4v) is 6.13. The van der Waals surface area contributed by atoms with Crippen molar-refractivity contribution < 1.29 is 26.4 Å². The summed E-state index contributed by atoms with van der Waals surface area (Å²) >= 11 is 0. The van der Waals surface area contributed by atoms with Crippen LogP contribution in [0.5, 0.6) is 0 Å². The molecule has 0 N–H and O–H groups in total. The second-order valence-electron chi connectivity index (χ2n) is 7.42. The molecule has 1 fully saturated rings. The summed E-state index contributed by atoms with van der Waals surface area (Å²) in [5.41, 5.74) is -0.763.